The summed E-state index contributed by atoms with van der Waals surface area (Å²) in [6.07, 6.45) is 3.78. The molecule has 2 rings (SSSR count). The van der Waals surface area contributed by atoms with E-state index in [1.807, 2.05) is 0 Å². The van der Waals surface area contributed by atoms with Gasteiger partial charge < -0.3 is 0 Å². The third-order valence-electron chi connectivity index (χ3n) is 5.74. The predicted molar refractivity (Wildman–Crippen MR) is 148 cm³/mol. The van der Waals surface area contributed by atoms with Crippen LogP contribution in [0.3, 0.4) is 0 Å². The fraction of sp³-hybridized carbons (Fsp3) is 0.720. The van der Waals surface area contributed by atoms with Crippen LogP contribution in [0.1, 0.15) is 83.1 Å². The number of halogens is 8. The van der Waals surface area contributed by atoms with Crippen LogP contribution in [-0.4, -0.2) is 25.2 Å². The minimum atomic E-state index is -10.7. The quantitative estimate of drug-likeness (QED) is 0.184. The van der Waals surface area contributed by atoms with Gasteiger partial charge in [0, 0.05) is 12.1 Å². The van der Waals surface area contributed by atoms with Crippen molar-refractivity contribution < 1.29 is 38.5 Å². The molecule has 0 unspecified atom stereocenters. The van der Waals surface area contributed by atoms with Gasteiger partial charge in [-0.15, -0.1) is 0 Å². The number of benzene rings is 1. The van der Waals surface area contributed by atoms with Gasteiger partial charge in [-0.1, -0.05) is 98.9 Å². The maximum absolute atomic E-state index is 14.3. The molecule has 224 valence electrons. The number of imidazole rings is 1. The van der Waals surface area contributed by atoms with E-state index in [4.69, 9.17) is 0 Å². The summed E-state index contributed by atoms with van der Waals surface area (Å²) in [5, 5.41) is 0.599. The molecule has 2 nitrogen and oxygen atoms in total. The van der Waals surface area contributed by atoms with E-state index in [0.29, 0.717) is 0 Å². The van der Waals surface area contributed by atoms with Crippen LogP contribution in [0.2, 0.25) is 0 Å². The summed E-state index contributed by atoms with van der Waals surface area (Å²) in [5.41, 5.74) is 1.58. The Balaban J connectivity index is 0.000000905. The Hall–Kier alpha value is -0.580. The Morgan fingerprint density at radius 2 is 1.00 bits per heavy atom. The normalized spacial score (nSPS) is 15.9. The summed E-state index contributed by atoms with van der Waals surface area (Å²) < 4.78 is 92.1. The molecule has 0 aliphatic rings. The first-order chi connectivity index (χ1) is 16.2. The Morgan fingerprint density at radius 3 is 1.34 bits per heavy atom. The molecular formula is C25H43F8N2P3. The summed E-state index contributed by atoms with van der Waals surface area (Å²) in [4.78, 5) is 0. The zero-order chi connectivity index (χ0) is 30.6. The van der Waals surface area contributed by atoms with Crippen LogP contribution >= 0.6 is 23.7 Å². The molecular weight excluding hydrogens is 573 g/mol. The van der Waals surface area contributed by atoms with Gasteiger partial charge in [-0.2, -0.15) is 0 Å². The van der Waals surface area contributed by atoms with Crippen molar-refractivity contribution in [3.63, 3.8) is 0 Å². The number of hydrogen-bond acceptors (Lipinski definition) is 0. The monoisotopic (exact) mass is 616 g/mol. The van der Waals surface area contributed by atoms with Crippen LogP contribution < -0.4 is 4.57 Å². The number of fused-ring (bicyclic) bond motifs is 1. The van der Waals surface area contributed by atoms with Gasteiger partial charge in [0.05, 0.1) is 0 Å². The average molecular weight is 617 g/mol. The van der Waals surface area contributed by atoms with Crippen molar-refractivity contribution in [2.45, 2.75) is 116 Å². The third kappa shape index (κ3) is 11.9. The van der Waals surface area contributed by atoms with Crippen LogP contribution in [0.5, 0.6) is 0 Å². The first kappa shape index (κ1) is 35.4. The number of nitrogens with zero attached hydrogens (tertiary/aromatic N) is 2. The fourth-order valence-corrected chi connectivity index (χ4v) is 11.5. The molecule has 0 bridgehead atoms. The van der Waals surface area contributed by atoms with Gasteiger partial charge in [-0.3, -0.25) is 0 Å². The van der Waals surface area contributed by atoms with Crippen molar-refractivity contribution in [2.75, 3.05) is 0 Å². The molecule has 13 heteroatoms. The second kappa shape index (κ2) is 10.1. The van der Waals surface area contributed by atoms with E-state index in [2.05, 4.69) is 98.5 Å². The van der Waals surface area contributed by atoms with Crippen LogP contribution in [-0.2, 0) is 12.6 Å². The van der Waals surface area contributed by atoms with Gasteiger partial charge in [0.2, 0.25) is 6.33 Å². The molecule has 1 aromatic heterocycles. The number of rotatable bonds is 4. The molecule has 1 heterocycles. The molecule has 0 N–H and O–H groups in total. The van der Waals surface area contributed by atoms with Crippen molar-refractivity contribution in [2.24, 2.45) is 0 Å². The van der Waals surface area contributed by atoms with Gasteiger partial charge in [0.15, 0.2) is 22.7 Å². The van der Waals surface area contributed by atoms with Crippen molar-refractivity contribution in [1.82, 2.24) is 4.57 Å². The van der Waals surface area contributed by atoms with Crippen LogP contribution in [0.25, 0.3) is 11.0 Å². The van der Waals surface area contributed by atoms with Gasteiger partial charge in [0.25, 0.3) is 0 Å². The molecule has 0 amide bonds. The molecule has 0 saturated heterocycles. The van der Waals surface area contributed by atoms with E-state index < -0.39 is 35.3 Å². The molecule has 0 aliphatic carbocycles. The van der Waals surface area contributed by atoms with Crippen LogP contribution in [0, 0.1) is 11.6 Å². The summed E-state index contributed by atoms with van der Waals surface area (Å²) in [6, 6.07) is 2.77. The van der Waals surface area contributed by atoms with E-state index in [9.17, 15) is 34.0 Å². The second-order valence-corrected chi connectivity index (χ2v) is 23.2. The van der Waals surface area contributed by atoms with Gasteiger partial charge >= 0.3 is 33.0 Å². The first-order valence-corrected chi connectivity index (χ1v) is 17.3. The molecule has 2 aromatic rings. The Labute approximate surface area is 224 Å². The fourth-order valence-electron chi connectivity index (χ4n) is 4.67. The van der Waals surface area contributed by atoms with E-state index in [0.717, 1.165) is 23.6 Å². The average Bonchev–Trinajstić information content (AvgIpc) is 2.88. The van der Waals surface area contributed by atoms with Crippen molar-refractivity contribution in [3.05, 3.63) is 30.1 Å². The molecule has 0 spiro atoms. The molecule has 1 aromatic carbocycles. The maximum atomic E-state index is 14.3. The third-order valence-corrected chi connectivity index (χ3v) is 13.4. The summed E-state index contributed by atoms with van der Waals surface area (Å²) in [6.45, 7) is 27.5. The summed E-state index contributed by atoms with van der Waals surface area (Å²) in [7, 11) is -11.5. The zero-order valence-corrected chi connectivity index (χ0v) is 27.1. The van der Waals surface area contributed by atoms with Crippen molar-refractivity contribution in [1.29, 1.82) is 0 Å². The predicted octanol–water partition coefficient (Wildman–Crippen LogP) is 11.7. The molecule has 0 saturated carbocycles. The van der Waals surface area contributed by atoms with Gasteiger partial charge in [0.1, 0.15) is 12.6 Å². The zero-order valence-electron chi connectivity index (χ0n) is 24.4. The van der Waals surface area contributed by atoms with E-state index in [-0.39, 0.29) is 20.6 Å². The first-order valence-electron chi connectivity index (χ1n) is 12.2. The van der Waals surface area contributed by atoms with E-state index >= 15 is 0 Å². The second-order valence-electron chi connectivity index (χ2n) is 13.6. The Kier molecular flexibility index (Phi) is 9.38. The molecule has 0 atom stereocenters. The van der Waals surface area contributed by atoms with Crippen molar-refractivity contribution >= 4 is 34.7 Å². The number of aromatic nitrogens is 2. The molecule has 0 fully saturated rings. The Morgan fingerprint density at radius 1 is 0.658 bits per heavy atom. The number of hydrogen-bond donors (Lipinski definition) is 0. The van der Waals surface area contributed by atoms with Crippen LogP contribution in [0.4, 0.5) is 34.0 Å². The molecule has 0 radical (unpaired) electrons. The standard InChI is InChI=1S/C25H43F2N2P2.F6P/c1-22(2,3)30(23(4,5)6)16-28-15-29(17-31(24(7,8)9)25(10,11)12)21-14-19(27)18(26)13-20(21)28;1-7(2,3,4,5)6/h13-15H,16-17H2,1-12H3;/q+1;-1. The Bertz CT molecular complexity index is 1020. The van der Waals surface area contributed by atoms with E-state index in [1.54, 1.807) is 0 Å². The SMILES string of the molecule is CC(C)(C)P(Cn1c[n+](CP(C(C)(C)C)C(C)(C)C)c2cc(F)c(F)cc21)C(C)(C)C.F[P-](F)(F)(F)(F)F. The van der Waals surface area contributed by atoms with Gasteiger partial charge in [-0.25, -0.2) is 17.9 Å². The van der Waals surface area contributed by atoms with Crippen molar-refractivity contribution in [3.8, 4) is 0 Å². The summed E-state index contributed by atoms with van der Waals surface area (Å²) >= 11 is 0. The van der Waals surface area contributed by atoms with Gasteiger partial charge in [-0.05, 0) is 20.6 Å². The molecule has 0 aliphatic heterocycles. The van der Waals surface area contributed by atoms with Crippen LogP contribution in [0.15, 0.2) is 18.5 Å². The topological polar surface area (TPSA) is 8.81 Å². The molecule has 38 heavy (non-hydrogen) atoms. The minimum absolute atomic E-state index is 0.150. The van der Waals surface area contributed by atoms with E-state index in [1.165, 1.54) is 12.1 Å². The summed E-state index contributed by atoms with van der Waals surface area (Å²) in [5.74, 6) is -1.55.